The fourth-order valence-electron chi connectivity index (χ4n) is 3.91. The number of hydrogen-bond acceptors (Lipinski definition) is 5. The average Bonchev–Trinajstić information content (AvgIpc) is 3.37. The van der Waals surface area contributed by atoms with Gasteiger partial charge >= 0.3 is 0 Å². The van der Waals surface area contributed by atoms with Gasteiger partial charge in [-0.25, -0.2) is 14.6 Å². The molecule has 0 fully saturated rings. The highest BCUT2D eigenvalue weighted by molar-refractivity contribution is 6.09. The number of hydrogen-bond donors (Lipinski definition) is 1. The smallest absolute Gasteiger partial charge is 0.252 e. The molecule has 0 spiro atoms. The largest absolute Gasteiger partial charge is 0.377 e. The Morgan fingerprint density at radius 3 is 2.81 bits per heavy atom. The standard InChI is InChI=1S/C24H21N5O2/c30-24(27-14-18-4-3-11-26-23(18)29-16-25-15-28-29)22-8-7-19(17-9-12-31-13-10-17)20-5-1-2-6-21(20)22/h1-9,11,15-16H,10,12-14H2,(H,27,30). The van der Waals surface area contributed by atoms with Gasteiger partial charge in [-0.15, -0.1) is 0 Å². The molecule has 1 aliphatic rings. The van der Waals surface area contributed by atoms with Crippen molar-refractivity contribution in [1.29, 1.82) is 0 Å². The maximum atomic E-state index is 13.1. The molecule has 0 aliphatic carbocycles. The van der Waals surface area contributed by atoms with Gasteiger partial charge in [-0.1, -0.05) is 42.5 Å². The Morgan fingerprint density at radius 1 is 1.10 bits per heavy atom. The number of nitrogens with zero attached hydrogens (tertiary/aromatic N) is 4. The summed E-state index contributed by atoms with van der Waals surface area (Å²) in [5, 5.41) is 9.19. The molecule has 7 nitrogen and oxygen atoms in total. The molecule has 0 saturated heterocycles. The molecule has 7 heteroatoms. The van der Waals surface area contributed by atoms with Crippen molar-refractivity contribution in [1.82, 2.24) is 25.1 Å². The fraction of sp³-hybridized carbons (Fsp3) is 0.167. The Morgan fingerprint density at radius 2 is 2.00 bits per heavy atom. The second-order valence-corrected chi connectivity index (χ2v) is 7.27. The first-order chi connectivity index (χ1) is 15.3. The summed E-state index contributed by atoms with van der Waals surface area (Å²) >= 11 is 0. The first kappa shape index (κ1) is 19.1. The summed E-state index contributed by atoms with van der Waals surface area (Å²) < 4.78 is 7.04. The van der Waals surface area contributed by atoms with Crippen molar-refractivity contribution < 1.29 is 9.53 Å². The third-order valence-corrected chi connectivity index (χ3v) is 5.42. The van der Waals surface area contributed by atoms with Crippen LogP contribution in [0.4, 0.5) is 0 Å². The molecular formula is C24H21N5O2. The van der Waals surface area contributed by atoms with E-state index in [-0.39, 0.29) is 5.91 Å². The number of carbonyl (C=O) groups excluding carboxylic acids is 1. The van der Waals surface area contributed by atoms with Gasteiger partial charge in [-0.3, -0.25) is 4.79 Å². The van der Waals surface area contributed by atoms with E-state index in [0.29, 0.717) is 24.5 Å². The van der Waals surface area contributed by atoms with Crippen molar-refractivity contribution >= 4 is 22.3 Å². The monoisotopic (exact) mass is 411 g/mol. The summed E-state index contributed by atoms with van der Waals surface area (Å²) in [6.07, 6.45) is 7.74. The van der Waals surface area contributed by atoms with Crippen LogP contribution in [0.5, 0.6) is 0 Å². The molecule has 4 aromatic rings. The Hall–Kier alpha value is -3.84. The van der Waals surface area contributed by atoms with Crippen LogP contribution in [0.15, 0.2) is 73.5 Å². The van der Waals surface area contributed by atoms with Crippen LogP contribution < -0.4 is 5.32 Å². The number of nitrogens with one attached hydrogen (secondary N) is 1. The molecule has 31 heavy (non-hydrogen) atoms. The molecule has 0 atom stereocenters. The van der Waals surface area contributed by atoms with Gasteiger partial charge in [-0.05, 0) is 40.5 Å². The van der Waals surface area contributed by atoms with E-state index in [0.717, 1.165) is 34.9 Å². The number of amides is 1. The van der Waals surface area contributed by atoms with Gasteiger partial charge < -0.3 is 10.1 Å². The highest BCUT2D eigenvalue weighted by atomic mass is 16.5. The topological polar surface area (TPSA) is 81.9 Å². The SMILES string of the molecule is O=C(NCc1cccnc1-n1cncn1)c1ccc(C2=CCOCC2)c2ccccc12. The molecule has 1 aliphatic heterocycles. The molecule has 0 saturated carbocycles. The summed E-state index contributed by atoms with van der Waals surface area (Å²) in [4.78, 5) is 21.5. The molecule has 3 heterocycles. The van der Waals surface area contributed by atoms with Crippen LogP contribution in [0.1, 0.15) is 27.9 Å². The summed E-state index contributed by atoms with van der Waals surface area (Å²) in [6.45, 7) is 1.69. The zero-order valence-corrected chi connectivity index (χ0v) is 16.9. The Bertz CT molecular complexity index is 1260. The van der Waals surface area contributed by atoms with Crippen LogP contribution in [-0.2, 0) is 11.3 Å². The third kappa shape index (κ3) is 3.83. The van der Waals surface area contributed by atoms with Gasteiger partial charge in [0.2, 0.25) is 0 Å². The van der Waals surface area contributed by atoms with Crippen molar-refractivity contribution in [2.45, 2.75) is 13.0 Å². The molecule has 1 amide bonds. The maximum absolute atomic E-state index is 13.1. The molecule has 0 bridgehead atoms. The van der Waals surface area contributed by atoms with E-state index in [4.69, 9.17) is 4.74 Å². The Balaban J connectivity index is 1.43. The van der Waals surface area contributed by atoms with Crippen LogP contribution in [-0.4, -0.2) is 38.9 Å². The van der Waals surface area contributed by atoms with Gasteiger partial charge in [0, 0.05) is 23.9 Å². The van der Waals surface area contributed by atoms with Crippen LogP contribution in [0.25, 0.3) is 22.2 Å². The van der Waals surface area contributed by atoms with E-state index in [9.17, 15) is 4.79 Å². The predicted octanol–water partition coefficient (Wildman–Crippen LogP) is 3.55. The lowest BCUT2D eigenvalue weighted by molar-refractivity contribution is 0.0952. The summed E-state index contributed by atoms with van der Waals surface area (Å²) in [6, 6.07) is 15.7. The average molecular weight is 411 g/mol. The first-order valence-corrected chi connectivity index (χ1v) is 10.2. The van der Waals surface area contributed by atoms with E-state index in [2.05, 4.69) is 32.5 Å². The van der Waals surface area contributed by atoms with Crippen molar-refractivity contribution in [3.63, 3.8) is 0 Å². The molecule has 1 N–H and O–H groups in total. The number of pyridine rings is 1. The second-order valence-electron chi connectivity index (χ2n) is 7.27. The number of fused-ring (bicyclic) bond motifs is 1. The van der Waals surface area contributed by atoms with Crippen LogP contribution in [0, 0.1) is 0 Å². The van der Waals surface area contributed by atoms with Crippen molar-refractivity contribution in [2.75, 3.05) is 13.2 Å². The van der Waals surface area contributed by atoms with E-state index in [1.807, 2.05) is 42.5 Å². The maximum Gasteiger partial charge on any atom is 0.252 e. The Labute approximate surface area is 179 Å². The minimum absolute atomic E-state index is 0.128. The summed E-state index contributed by atoms with van der Waals surface area (Å²) in [5.41, 5.74) is 3.94. The molecule has 0 unspecified atom stereocenters. The van der Waals surface area contributed by atoms with E-state index >= 15 is 0 Å². The summed E-state index contributed by atoms with van der Waals surface area (Å²) in [7, 11) is 0. The lowest BCUT2D eigenvalue weighted by Crippen LogP contribution is -2.24. The zero-order chi connectivity index (χ0) is 21.0. The minimum Gasteiger partial charge on any atom is -0.377 e. The van der Waals surface area contributed by atoms with Crippen molar-refractivity contribution in [3.8, 4) is 5.82 Å². The van der Waals surface area contributed by atoms with Crippen LogP contribution in [0.2, 0.25) is 0 Å². The highest BCUT2D eigenvalue weighted by Gasteiger charge is 2.16. The Kier molecular flexibility index (Phi) is 5.24. The van der Waals surface area contributed by atoms with Gasteiger partial charge in [-0.2, -0.15) is 5.10 Å². The normalized spacial score (nSPS) is 13.7. The van der Waals surface area contributed by atoms with E-state index < -0.39 is 0 Å². The minimum atomic E-state index is -0.128. The predicted molar refractivity (Wildman–Crippen MR) is 118 cm³/mol. The molecule has 2 aromatic heterocycles. The van der Waals surface area contributed by atoms with Crippen molar-refractivity contribution in [2.24, 2.45) is 0 Å². The number of benzene rings is 2. The first-order valence-electron chi connectivity index (χ1n) is 10.2. The lowest BCUT2D eigenvalue weighted by Gasteiger charge is -2.17. The molecular weight excluding hydrogens is 390 g/mol. The highest BCUT2D eigenvalue weighted by Crippen LogP contribution is 2.31. The van der Waals surface area contributed by atoms with Crippen LogP contribution in [0.3, 0.4) is 0 Å². The molecule has 2 aromatic carbocycles. The molecule has 0 radical (unpaired) electrons. The number of rotatable bonds is 5. The number of carbonyl (C=O) groups is 1. The van der Waals surface area contributed by atoms with Crippen molar-refractivity contribution in [3.05, 3.63) is 90.1 Å². The number of ether oxygens (including phenoxy) is 1. The van der Waals surface area contributed by atoms with Crippen LogP contribution >= 0.6 is 0 Å². The quantitative estimate of drug-likeness (QED) is 0.543. The van der Waals surface area contributed by atoms with Gasteiger partial charge in [0.25, 0.3) is 5.91 Å². The number of aromatic nitrogens is 4. The third-order valence-electron chi connectivity index (χ3n) is 5.42. The summed E-state index contributed by atoms with van der Waals surface area (Å²) in [5.74, 6) is 0.518. The molecule has 5 rings (SSSR count). The van der Waals surface area contributed by atoms with Gasteiger partial charge in [0.15, 0.2) is 5.82 Å². The van der Waals surface area contributed by atoms with E-state index in [1.165, 1.54) is 11.9 Å². The zero-order valence-electron chi connectivity index (χ0n) is 16.9. The molecule has 154 valence electrons. The fourth-order valence-corrected chi connectivity index (χ4v) is 3.91. The van der Waals surface area contributed by atoms with E-state index in [1.54, 1.807) is 17.2 Å². The second kappa shape index (κ2) is 8.49. The lowest BCUT2D eigenvalue weighted by atomic mass is 9.92. The van der Waals surface area contributed by atoms with Gasteiger partial charge in [0.1, 0.15) is 12.7 Å². The van der Waals surface area contributed by atoms with Gasteiger partial charge in [0.05, 0.1) is 13.2 Å².